The van der Waals surface area contributed by atoms with E-state index in [0.717, 1.165) is 0 Å². The zero-order valence-electron chi connectivity index (χ0n) is 24.2. The first kappa shape index (κ1) is 37.9. The van der Waals surface area contributed by atoms with E-state index in [4.69, 9.17) is 16.6 Å². The largest absolute Gasteiger partial charge is 0.481 e. The monoisotopic (exact) mass is 601 g/mol. The Kier molecular flexibility index (Phi) is 17.2. The van der Waals surface area contributed by atoms with Crippen LogP contribution in [0.15, 0.2) is 0 Å². The van der Waals surface area contributed by atoms with Gasteiger partial charge in [-0.15, -0.1) is 0 Å². The van der Waals surface area contributed by atoms with Gasteiger partial charge in [-0.25, -0.2) is 0 Å². The molecule has 0 aliphatic heterocycles. The molecule has 0 aromatic carbocycles. The van der Waals surface area contributed by atoms with Gasteiger partial charge in [-0.05, 0) is 39.0 Å². The fourth-order valence-corrected chi connectivity index (χ4v) is 3.43. The highest BCUT2D eigenvalue weighted by Crippen LogP contribution is 2.08. The fraction of sp³-hybridized carbons (Fsp3) is 0.680. The Morgan fingerprint density at radius 2 is 1.36 bits per heavy atom. The van der Waals surface area contributed by atoms with Crippen molar-refractivity contribution in [1.29, 1.82) is 0 Å². The van der Waals surface area contributed by atoms with Gasteiger partial charge in [0.2, 0.25) is 35.4 Å². The Balaban J connectivity index is 5.44. The number of aldehydes is 1. The van der Waals surface area contributed by atoms with E-state index in [-0.39, 0.29) is 31.6 Å². The summed E-state index contributed by atoms with van der Waals surface area (Å²) in [6, 6.07) is -6.10. The molecular weight excluding hydrogens is 558 g/mol. The molecule has 0 bridgehead atoms. The van der Waals surface area contributed by atoms with Crippen LogP contribution in [0.3, 0.4) is 0 Å². The minimum Gasteiger partial charge on any atom is -0.481 e. The number of hydrogen-bond donors (Lipinski definition) is 9. The molecule has 0 aliphatic rings. The summed E-state index contributed by atoms with van der Waals surface area (Å²) < 4.78 is 0. The normalized spacial score (nSPS) is 15.1. The number of carboxylic acid groups (broad SMARTS) is 1. The number of aliphatic carboxylic acids is 1. The first-order valence-corrected chi connectivity index (χ1v) is 13.4. The second-order valence-electron chi connectivity index (χ2n) is 10.2. The van der Waals surface area contributed by atoms with Gasteiger partial charge >= 0.3 is 5.97 Å². The Labute approximate surface area is 243 Å². The molecule has 0 aromatic heterocycles. The van der Waals surface area contributed by atoms with Crippen molar-refractivity contribution in [2.75, 3.05) is 6.54 Å². The molecule has 0 spiro atoms. The van der Waals surface area contributed by atoms with Crippen LogP contribution in [0, 0.1) is 5.92 Å². The van der Waals surface area contributed by atoms with E-state index in [1.165, 1.54) is 13.8 Å². The predicted molar refractivity (Wildman–Crippen MR) is 147 cm³/mol. The molecule has 0 aromatic rings. The van der Waals surface area contributed by atoms with Gasteiger partial charge in [0.05, 0.1) is 18.7 Å². The number of rotatable bonds is 20. The van der Waals surface area contributed by atoms with E-state index in [1.54, 1.807) is 13.8 Å². The van der Waals surface area contributed by atoms with Crippen molar-refractivity contribution in [2.24, 2.45) is 17.4 Å². The molecule has 0 saturated heterocycles. The fourth-order valence-electron chi connectivity index (χ4n) is 3.43. The minimum atomic E-state index is -1.35. The van der Waals surface area contributed by atoms with Crippen LogP contribution in [0.2, 0.25) is 0 Å². The Bertz CT molecular complexity index is 989. The Hall–Kier alpha value is -4.12. The third-order valence-electron chi connectivity index (χ3n) is 5.83. The van der Waals surface area contributed by atoms with Crippen LogP contribution in [0.25, 0.3) is 0 Å². The SMILES string of the molecule is CC(C)C[C@H](NC(=O)[C@H](C)NC(=O)CNC(=O)[C@@H](N)[C@@H](C)O)C(=O)N[C@@H](CCC(N)=O)C(=O)N[C@H](C=O)CCC(=O)O. The number of nitrogens with two attached hydrogens (primary N) is 2. The van der Waals surface area contributed by atoms with Gasteiger partial charge in [0.15, 0.2) is 0 Å². The summed E-state index contributed by atoms with van der Waals surface area (Å²) in [6.45, 7) is 5.65. The van der Waals surface area contributed by atoms with E-state index in [2.05, 4.69) is 26.6 Å². The molecule has 0 fully saturated rings. The third kappa shape index (κ3) is 15.6. The van der Waals surface area contributed by atoms with Gasteiger partial charge in [0, 0.05) is 12.8 Å². The van der Waals surface area contributed by atoms with Gasteiger partial charge in [0.25, 0.3) is 0 Å². The van der Waals surface area contributed by atoms with Crippen molar-refractivity contribution in [2.45, 2.75) is 96.1 Å². The standard InChI is InChI=1S/C25H43N7O10/c1-12(2)9-17(32-22(39)13(3)29-19(36)10-28-25(42)21(27)14(4)34)24(41)31-16(6-7-18(26)35)23(40)30-15(11-33)5-8-20(37)38/h11-17,21,34H,5-10,27H2,1-4H3,(H2,26,35)(H,28,42)(H,29,36)(H,30,40)(H,31,41)(H,32,39)(H,37,38)/t13-,14+,15-,16-,17-,21-/m0/s1. The van der Waals surface area contributed by atoms with Crippen LogP contribution in [-0.4, -0.2) is 101 Å². The summed E-state index contributed by atoms with van der Waals surface area (Å²) in [5.41, 5.74) is 10.7. The van der Waals surface area contributed by atoms with E-state index in [1.807, 2.05) is 0 Å². The second-order valence-corrected chi connectivity index (χ2v) is 10.2. The smallest absolute Gasteiger partial charge is 0.303 e. The van der Waals surface area contributed by atoms with Crippen molar-refractivity contribution >= 4 is 47.7 Å². The highest BCUT2D eigenvalue weighted by molar-refractivity contribution is 5.95. The van der Waals surface area contributed by atoms with Gasteiger partial charge in [-0.2, -0.15) is 0 Å². The summed E-state index contributed by atoms with van der Waals surface area (Å²) in [5.74, 6) is -6.01. The first-order chi connectivity index (χ1) is 19.5. The molecule has 6 atom stereocenters. The lowest BCUT2D eigenvalue weighted by Crippen LogP contribution is -2.57. The summed E-state index contributed by atoms with van der Waals surface area (Å²) in [6.07, 6.45) is -1.83. The third-order valence-corrected chi connectivity index (χ3v) is 5.83. The molecule has 11 N–H and O–H groups in total. The lowest BCUT2D eigenvalue weighted by Gasteiger charge is -2.26. The number of primary amides is 1. The molecule has 42 heavy (non-hydrogen) atoms. The number of nitrogens with one attached hydrogen (secondary N) is 5. The summed E-state index contributed by atoms with van der Waals surface area (Å²) in [5, 5.41) is 30.0. The quantitative estimate of drug-likeness (QED) is 0.0609. The highest BCUT2D eigenvalue weighted by atomic mass is 16.4. The average Bonchev–Trinajstić information content (AvgIpc) is 2.89. The zero-order chi connectivity index (χ0) is 32.6. The summed E-state index contributed by atoms with van der Waals surface area (Å²) >= 11 is 0. The van der Waals surface area contributed by atoms with Crippen molar-refractivity contribution in [3.8, 4) is 0 Å². The van der Waals surface area contributed by atoms with E-state index in [0.29, 0.717) is 6.29 Å². The number of aliphatic hydroxyl groups is 1. The molecule has 17 heteroatoms. The maximum absolute atomic E-state index is 13.1. The van der Waals surface area contributed by atoms with E-state index < -0.39 is 90.7 Å². The Morgan fingerprint density at radius 1 is 0.786 bits per heavy atom. The average molecular weight is 602 g/mol. The molecule has 0 saturated carbocycles. The van der Waals surface area contributed by atoms with E-state index >= 15 is 0 Å². The highest BCUT2D eigenvalue weighted by Gasteiger charge is 2.30. The maximum atomic E-state index is 13.1. The molecule has 0 radical (unpaired) electrons. The van der Waals surface area contributed by atoms with Crippen LogP contribution in [0.1, 0.15) is 59.8 Å². The van der Waals surface area contributed by atoms with Crippen LogP contribution in [0.5, 0.6) is 0 Å². The summed E-state index contributed by atoms with van der Waals surface area (Å²) in [4.78, 5) is 96.1. The lowest BCUT2D eigenvalue weighted by molar-refractivity contribution is -0.138. The zero-order valence-corrected chi connectivity index (χ0v) is 24.2. The van der Waals surface area contributed by atoms with Crippen LogP contribution in [-0.2, 0) is 38.4 Å². The molecule has 0 rings (SSSR count). The van der Waals surface area contributed by atoms with Gasteiger partial charge < -0.3 is 53.1 Å². The van der Waals surface area contributed by atoms with Crippen molar-refractivity contribution in [3.63, 3.8) is 0 Å². The molecule has 0 heterocycles. The van der Waals surface area contributed by atoms with Crippen molar-refractivity contribution < 1.29 is 48.6 Å². The topological polar surface area (TPSA) is 289 Å². The Morgan fingerprint density at radius 3 is 1.86 bits per heavy atom. The molecule has 0 unspecified atom stereocenters. The number of hydrogen-bond acceptors (Lipinski definition) is 10. The van der Waals surface area contributed by atoms with Gasteiger partial charge in [-0.1, -0.05) is 13.8 Å². The number of carboxylic acids is 1. The minimum absolute atomic E-state index is 0.116. The van der Waals surface area contributed by atoms with Crippen LogP contribution >= 0.6 is 0 Å². The number of amides is 6. The van der Waals surface area contributed by atoms with E-state index in [9.17, 15) is 43.5 Å². The summed E-state index contributed by atoms with van der Waals surface area (Å²) in [7, 11) is 0. The predicted octanol–water partition coefficient (Wildman–Crippen LogP) is -3.85. The maximum Gasteiger partial charge on any atom is 0.303 e. The van der Waals surface area contributed by atoms with Gasteiger partial charge in [-0.3, -0.25) is 33.6 Å². The molecule has 0 aliphatic carbocycles. The molecule has 238 valence electrons. The number of aliphatic hydroxyl groups excluding tert-OH is 1. The number of carbonyl (C=O) groups excluding carboxylic acids is 7. The van der Waals surface area contributed by atoms with Crippen molar-refractivity contribution in [3.05, 3.63) is 0 Å². The van der Waals surface area contributed by atoms with Crippen LogP contribution < -0.4 is 38.1 Å². The second kappa shape index (κ2) is 19.1. The lowest BCUT2D eigenvalue weighted by atomic mass is 10.0. The molecule has 6 amide bonds. The van der Waals surface area contributed by atoms with Crippen molar-refractivity contribution in [1.82, 2.24) is 26.6 Å². The molecular formula is C25H43N7O10. The molecule has 17 nitrogen and oxygen atoms in total. The van der Waals surface area contributed by atoms with Gasteiger partial charge in [0.1, 0.15) is 30.5 Å². The van der Waals surface area contributed by atoms with Crippen LogP contribution in [0.4, 0.5) is 0 Å². The number of carbonyl (C=O) groups is 8. The first-order valence-electron chi connectivity index (χ1n) is 13.4.